The Morgan fingerprint density at radius 1 is 1.35 bits per heavy atom. The molecular weight excluding hydrogens is 329 g/mol. The highest BCUT2D eigenvalue weighted by Crippen LogP contribution is 2.28. The number of hydrogen-bond donors (Lipinski definition) is 1. The maximum atomic E-state index is 14.1. The fraction of sp³-hybridized carbons (Fsp3) is 0.0833. The molecule has 2 N–H and O–H groups in total. The first-order valence-electron chi connectivity index (χ1n) is 5.60. The Hall–Kier alpha value is -2.22. The van der Waals surface area contributed by atoms with E-state index in [0.717, 1.165) is 0 Å². The van der Waals surface area contributed by atoms with Gasteiger partial charge in [-0.1, -0.05) is 15.9 Å². The molecule has 20 heavy (non-hydrogen) atoms. The maximum Gasteiger partial charge on any atom is 0.245 e. The van der Waals surface area contributed by atoms with E-state index in [2.05, 4.69) is 30.9 Å². The number of fused-ring (bicyclic) bond motifs is 1. The van der Waals surface area contributed by atoms with E-state index in [1.54, 1.807) is 12.1 Å². The zero-order valence-electron chi connectivity index (χ0n) is 10.3. The highest BCUT2D eigenvalue weighted by Gasteiger charge is 2.18. The predicted molar refractivity (Wildman–Crippen MR) is 75.3 cm³/mol. The number of hydrogen-bond acceptors (Lipinski definition) is 5. The summed E-state index contributed by atoms with van der Waals surface area (Å²) in [5.41, 5.74) is 6.89. The van der Waals surface area contributed by atoms with Gasteiger partial charge in [-0.25, -0.2) is 14.4 Å². The second-order valence-electron chi connectivity index (χ2n) is 3.96. The van der Waals surface area contributed by atoms with Gasteiger partial charge in [0.1, 0.15) is 12.1 Å². The average Bonchev–Trinajstić information content (AvgIpc) is 2.75. The predicted octanol–water partition coefficient (Wildman–Crippen LogP) is 2.31. The number of imidazole rings is 1. The largest absolute Gasteiger partial charge is 0.479 e. The zero-order valence-corrected chi connectivity index (χ0v) is 11.9. The summed E-state index contributed by atoms with van der Waals surface area (Å²) in [5, 5.41) is 0. The van der Waals surface area contributed by atoms with Gasteiger partial charge >= 0.3 is 0 Å². The molecule has 6 nitrogen and oxygen atoms in total. The molecule has 0 atom stereocenters. The quantitative estimate of drug-likeness (QED) is 0.776. The van der Waals surface area contributed by atoms with Crippen molar-refractivity contribution in [2.45, 2.75) is 0 Å². The van der Waals surface area contributed by atoms with E-state index in [1.807, 2.05) is 0 Å². The summed E-state index contributed by atoms with van der Waals surface area (Å²) < 4.78 is 21.2. The Morgan fingerprint density at radius 2 is 2.15 bits per heavy atom. The van der Waals surface area contributed by atoms with Crippen molar-refractivity contribution < 1.29 is 9.13 Å². The third kappa shape index (κ3) is 1.88. The summed E-state index contributed by atoms with van der Waals surface area (Å²) in [4.78, 5) is 12.2. The van der Waals surface area contributed by atoms with E-state index >= 15 is 0 Å². The summed E-state index contributed by atoms with van der Waals surface area (Å²) >= 11 is 3.21. The van der Waals surface area contributed by atoms with Crippen LogP contribution in [-0.4, -0.2) is 26.6 Å². The highest BCUT2D eigenvalue weighted by molar-refractivity contribution is 9.10. The normalized spacial score (nSPS) is 10.9. The van der Waals surface area contributed by atoms with Crippen molar-refractivity contribution in [1.82, 2.24) is 19.5 Å². The van der Waals surface area contributed by atoms with Gasteiger partial charge in [0.25, 0.3) is 0 Å². The Labute approximate surface area is 121 Å². The fourth-order valence-corrected chi connectivity index (χ4v) is 2.27. The lowest BCUT2D eigenvalue weighted by atomic mass is 10.3. The summed E-state index contributed by atoms with van der Waals surface area (Å²) in [6, 6.07) is 4.65. The molecule has 0 saturated heterocycles. The number of ether oxygens (including phenoxy) is 1. The van der Waals surface area contributed by atoms with E-state index in [4.69, 9.17) is 10.5 Å². The molecule has 8 heteroatoms. The standard InChI is InChI=1S/C12H9BrFN5O/c1-20-11-9-10(16-5-17-11)19(12(15)18-9)8-3-2-6(13)4-7(8)14/h2-5H,1H3,(H2,15,18). The summed E-state index contributed by atoms with van der Waals surface area (Å²) in [6.45, 7) is 0. The number of halogens is 2. The lowest BCUT2D eigenvalue weighted by Gasteiger charge is -2.07. The van der Waals surface area contributed by atoms with Crippen LogP contribution < -0.4 is 10.5 Å². The topological polar surface area (TPSA) is 78.8 Å². The van der Waals surface area contributed by atoms with Crippen molar-refractivity contribution in [2.24, 2.45) is 0 Å². The first-order chi connectivity index (χ1) is 9.61. The number of nitrogens with zero attached hydrogens (tertiary/aromatic N) is 4. The lowest BCUT2D eigenvalue weighted by Crippen LogP contribution is -2.03. The smallest absolute Gasteiger partial charge is 0.245 e. The molecule has 0 radical (unpaired) electrons. The number of nitrogens with two attached hydrogens (primary N) is 1. The van der Waals surface area contributed by atoms with Crippen LogP contribution in [0, 0.1) is 5.82 Å². The van der Waals surface area contributed by atoms with Crippen LogP contribution in [0.15, 0.2) is 29.0 Å². The summed E-state index contributed by atoms with van der Waals surface area (Å²) in [7, 11) is 1.47. The van der Waals surface area contributed by atoms with Crippen molar-refractivity contribution in [1.29, 1.82) is 0 Å². The van der Waals surface area contributed by atoms with Gasteiger partial charge in [-0.15, -0.1) is 0 Å². The number of methoxy groups -OCH3 is 1. The van der Waals surface area contributed by atoms with Gasteiger partial charge in [-0.2, -0.15) is 4.98 Å². The molecular formula is C12H9BrFN5O. The molecule has 0 amide bonds. The van der Waals surface area contributed by atoms with Gasteiger partial charge < -0.3 is 10.5 Å². The second kappa shape index (κ2) is 4.71. The molecule has 0 bridgehead atoms. The van der Waals surface area contributed by atoms with E-state index in [9.17, 15) is 4.39 Å². The molecule has 3 rings (SSSR count). The fourth-order valence-electron chi connectivity index (χ4n) is 1.94. The van der Waals surface area contributed by atoms with Crippen molar-refractivity contribution in [3.05, 3.63) is 34.8 Å². The van der Waals surface area contributed by atoms with Crippen LogP contribution in [-0.2, 0) is 0 Å². The SMILES string of the molecule is COc1ncnc2c1nc(N)n2-c1ccc(Br)cc1F. The summed E-state index contributed by atoms with van der Waals surface area (Å²) in [6.07, 6.45) is 1.32. The molecule has 0 aliphatic rings. The third-order valence-electron chi connectivity index (χ3n) is 2.78. The van der Waals surface area contributed by atoms with Crippen molar-refractivity contribution in [3.63, 3.8) is 0 Å². The maximum absolute atomic E-state index is 14.1. The number of benzene rings is 1. The zero-order chi connectivity index (χ0) is 14.3. The van der Waals surface area contributed by atoms with Gasteiger partial charge in [-0.05, 0) is 18.2 Å². The molecule has 2 aromatic heterocycles. The van der Waals surface area contributed by atoms with Crippen molar-refractivity contribution in [3.8, 4) is 11.6 Å². The molecule has 1 aromatic carbocycles. The first-order valence-corrected chi connectivity index (χ1v) is 6.39. The Morgan fingerprint density at radius 3 is 2.85 bits per heavy atom. The van der Waals surface area contributed by atoms with Gasteiger partial charge in [0.15, 0.2) is 11.2 Å². The van der Waals surface area contributed by atoms with Gasteiger partial charge in [0.05, 0.1) is 12.8 Å². The van der Waals surface area contributed by atoms with Gasteiger partial charge in [0, 0.05) is 4.47 Å². The molecule has 102 valence electrons. The molecule has 3 aromatic rings. The summed E-state index contributed by atoms with van der Waals surface area (Å²) in [5.74, 6) is -0.0408. The number of rotatable bonds is 2. The minimum Gasteiger partial charge on any atom is -0.479 e. The first kappa shape index (κ1) is 12.8. The van der Waals surface area contributed by atoms with Gasteiger partial charge in [0.2, 0.25) is 11.8 Å². The molecule has 0 unspecified atom stereocenters. The van der Waals surface area contributed by atoms with E-state index in [-0.39, 0.29) is 17.5 Å². The number of aromatic nitrogens is 4. The Bertz CT molecular complexity index is 804. The van der Waals surface area contributed by atoms with Crippen LogP contribution in [0.1, 0.15) is 0 Å². The van der Waals surface area contributed by atoms with Crippen LogP contribution in [0.5, 0.6) is 5.88 Å². The Balaban J connectivity index is 2.34. The third-order valence-corrected chi connectivity index (χ3v) is 3.27. The highest BCUT2D eigenvalue weighted by atomic mass is 79.9. The van der Waals surface area contributed by atoms with Crippen LogP contribution in [0.2, 0.25) is 0 Å². The molecule has 0 fully saturated rings. The van der Waals surface area contributed by atoms with Crippen LogP contribution >= 0.6 is 15.9 Å². The van der Waals surface area contributed by atoms with E-state index in [1.165, 1.54) is 24.1 Å². The molecule has 0 spiro atoms. The minimum absolute atomic E-state index is 0.111. The minimum atomic E-state index is -0.442. The Kier molecular flexibility index (Phi) is 3.01. The van der Waals surface area contributed by atoms with Crippen LogP contribution in [0.25, 0.3) is 16.9 Å². The number of nitrogen functional groups attached to an aromatic ring is 1. The van der Waals surface area contributed by atoms with Crippen molar-refractivity contribution in [2.75, 3.05) is 12.8 Å². The average molecular weight is 338 g/mol. The van der Waals surface area contributed by atoms with Crippen molar-refractivity contribution >= 4 is 33.0 Å². The second-order valence-corrected chi connectivity index (χ2v) is 4.87. The van der Waals surface area contributed by atoms with E-state index < -0.39 is 5.82 Å². The van der Waals surface area contributed by atoms with Crippen LogP contribution in [0.4, 0.5) is 10.3 Å². The molecule has 0 saturated carbocycles. The number of anilines is 1. The molecule has 0 aliphatic carbocycles. The molecule has 2 heterocycles. The van der Waals surface area contributed by atoms with Crippen LogP contribution in [0.3, 0.4) is 0 Å². The van der Waals surface area contributed by atoms with E-state index in [0.29, 0.717) is 15.6 Å². The monoisotopic (exact) mass is 337 g/mol. The van der Waals surface area contributed by atoms with Gasteiger partial charge in [-0.3, -0.25) is 4.57 Å². The lowest BCUT2D eigenvalue weighted by molar-refractivity contribution is 0.401. The molecule has 0 aliphatic heterocycles.